The second kappa shape index (κ2) is 7.11. The molecular weight excluding hydrogens is 309 g/mol. The molecule has 20 heavy (non-hydrogen) atoms. The van der Waals surface area contributed by atoms with Crippen LogP contribution in [0.3, 0.4) is 0 Å². The zero-order valence-electron chi connectivity index (χ0n) is 11.7. The molecule has 0 aliphatic heterocycles. The lowest BCUT2D eigenvalue weighted by Crippen LogP contribution is -2.47. The minimum absolute atomic E-state index is 0.264. The molecule has 2 unspecified atom stereocenters. The first-order valence-electron chi connectivity index (χ1n) is 6.49. The molecule has 1 rings (SSSR count). The van der Waals surface area contributed by atoms with Crippen molar-refractivity contribution in [3.63, 3.8) is 0 Å². The molecule has 0 aliphatic carbocycles. The number of rotatable bonds is 6. The maximum absolute atomic E-state index is 12.8. The molecular formula is C13H20ClF3N2S. The molecule has 1 heterocycles. The van der Waals surface area contributed by atoms with E-state index in [9.17, 15) is 13.2 Å². The Labute approximate surface area is 126 Å². The average molecular weight is 329 g/mol. The molecule has 0 aromatic carbocycles. The highest BCUT2D eigenvalue weighted by atomic mass is 35.5. The highest BCUT2D eigenvalue weighted by molar-refractivity contribution is 7.16. The maximum atomic E-state index is 12.8. The van der Waals surface area contributed by atoms with Gasteiger partial charge in [0.15, 0.2) is 0 Å². The van der Waals surface area contributed by atoms with E-state index in [0.29, 0.717) is 10.8 Å². The van der Waals surface area contributed by atoms with Gasteiger partial charge in [-0.2, -0.15) is 13.2 Å². The predicted octanol–water partition coefficient (Wildman–Crippen LogP) is 4.45. The van der Waals surface area contributed by atoms with Crippen LogP contribution in [0.15, 0.2) is 12.1 Å². The molecule has 2 N–H and O–H groups in total. The maximum Gasteiger partial charge on any atom is 0.401 e. The van der Waals surface area contributed by atoms with Gasteiger partial charge >= 0.3 is 6.18 Å². The van der Waals surface area contributed by atoms with Crippen molar-refractivity contribution in [1.82, 2.24) is 4.90 Å². The Morgan fingerprint density at radius 2 is 1.95 bits per heavy atom. The molecule has 1 aromatic heterocycles. The smallest absolute Gasteiger partial charge is 0.326 e. The minimum atomic E-state index is -4.25. The summed E-state index contributed by atoms with van der Waals surface area (Å²) in [6.45, 7) is 4.39. The van der Waals surface area contributed by atoms with Crippen molar-refractivity contribution in [3.05, 3.63) is 21.3 Å². The van der Waals surface area contributed by atoms with E-state index < -0.39 is 18.8 Å². The van der Waals surface area contributed by atoms with Gasteiger partial charge in [0.1, 0.15) is 0 Å². The Kier molecular flexibility index (Phi) is 6.31. The Balaban J connectivity index is 3.12. The molecule has 0 saturated heterocycles. The number of alkyl halides is 3. The predicted molar refractivity (Wildman–Crippen MR) is 78.2 cm³/mol. The molecule has 1 aromatic rings. The molecule has 0 aliphatic rings. The van der Waals surface area contributed by atoms with Gasteiger partial charge in [-0.05, 0) is 32.4 Å². The summed E-state index contributed by atoms with van der Waals surface area (Å²) in [6, 6.07) is 2.36. The van der Waals surface area contributed by atoms with Crippen LogP contribution in [0.2, 0.25) is 4.34 Å². The molecule has 2 atom stereocenters. The van der Waals surface area contributed by atoms with Gasteiger partial charge in [-0.15, -0.1) is 11.3 Å². The Bertz CT molecular complexity index is 420. The standard InChI is InChI=1S/C13H20ClF3N2S/c1-4-9(18)12(10-5-6-11(14)20-10)19(8(2)3)7-13(15,16)17/h5-6,8-9,12H,4,7,18H2,1-3H3. The molecule has 0 fully saturated rings. The zero-order chi connectivity index (χ0) is 15.5. The molecule has 0 radical (unpaired) electrons. The first kappa shape index (κ1) is 17.8. The van der Waals surface area contributed by atoms with Gasteiger partial charge in [0.05, 0.1) is 16.9 Å². The van der Waals surface area contributed by atoms with Gasteiger partial charge < -0.3 is 5.73 Å². The van der Waals surface area contributed by atoms with Gasteiger partial charge in [0, 0.05) is 17.0 Å². The monoisotopic (exact) mass is 328 g/mol. The van der Waals surface area contributed by atoms with E-state index in [1.165, 1.54) is 16.2 Å². The lowest BCUT2D eigenvalue weighted by Gasteiger charge is -2.38. The Morgan fingerprint density at radius 3 is 2.30 bits per heavy atom. The highest BCUT2D eigenvalue weighted by Gasteiger charge is 2.38. The number of thiophene rings is 1. The third kappa shape index (κ3) is 4.91. The summed E-state index contributed by atoms with van der Waals surface area (Å²) in [5.41, 5.74) is 6.07. The Hall–Kier alpha value is -0.300. The molecule has 7 heteroatoms. The van der Waals surface area contributed by atoms with Crippen molar-refractivity contribution in [2.24, 2.45) is 5.73 Å². The van der Waals surface area contributed by atoms with E-state index in [2.05, 4.69) is 0 Å². The van der Waals surface area contributed by atoms with Crippen LogP contribution in [0.1, 0.15) is 38.1 Å². The van der Waals surface area contributed by atoms with Gasteiger partial charge in [-0.25, -0.2) is 0 Å². The Morgan fingerprint density at radius 1 is 1.35 bits per heavy atom. The van der Waals surface area contributed by atoms with Gasteiger partial charge in [0.2, 0.25) is 0 Å². The van der Waals surface area contributed by atoms with Crippen LogP contribution in [-0.2, 0) is 0 Å². The van der Waals surface area contributed by atoms with E-state index >= 15 is 0 Å². The lowest BCUT2D eigenvalue weighted by atomic mass is 10.0. The SMILES string of the molecule is CCC(N)C(c1ccc(Cl)s1)N(CC(F)(F)F)C(C)C. The van der Waals surface area contributed by atoms with Crippen LogP contribution in [0.25, 0.3) is 0 Å². The number of hydrogen-bond donors (Lipinski definition) is 1. The molecule has 0 amide bonds. The van der Waals surface area contributed by atoms with Crippen LogP contribution in [-0.4, -0.2) is 29.7 Å². The van der Waals surface area contributed by atoms with Gasteiger partial charge in [0.25, 0.3) is 0 Å². The summed E-state index contributed by atoms with van der Waals surface area (Å²) in [5, 5.41) is 0. The average Bonchev–Trinajstić information content (AvgIpc) is 2.72. The van der Waals surface area contributed by atoms with Crippen molar-refractivity contribution < 1.29 is 13.2 Å². The summed E-state index contributed by atoms with van der Waals surface area (Å²) in [6.07, 6.45) is -3.65. The number of nitrogens with two attached hydrogens (primary N) is 1. The normalized spacial score (nSPS) is 15.9. The highest BCUT2D eigenvalue weighted by Crippen LogP contribution is 2.35. The lowest BCUT2D eigenvalue weighted by molar-refractivity contribution is -0.156. The third-order valence-corrected chi connectivity index (χ3v) is 4.45. The summed E-state index contributed by atoms with van der Waals surface area (Å²) in [7, 11) is 0. The fourth-order valence-electron chi connectivity index (χ4n) is 2.14. The van der Waals surface area contributed by atoms with Crippen LogP contribution in [0.4, 0.5) is 13.2 Å². The first-order valence-corrected chi connectivity index (χ1v) is 7.68. The summed E-state index contributed by atoms with van der Waals surface area (Å²) >= 11 is 7.19. The zero-order valence-corrected chi connectivity index (χ0v) is 13.3. The summed E-state index contributed by atoms with van der Waals surface area (Å²) in [5.74, 6) is 0. The van der Waals surface area contributed by atoms with Crippen molar-refractivity contribution in [1.29, 1.82) is 0 Å². The van der Waals surface area contributed by atoms with Gasteiger partial charge in [-0.3, -0.25) is 4.90 Å². The largest absolute Gasteiger partial charge is 0.401 e. The summed E-state index contributed by atoms with van der Waals surface area (Å²) < 4.78 is 39.0. The quantitative estimate of drug-likeness (QED) is 0.835. The van der Waals surface area contributed by atoms with Crippen molar-refractivity contribution in [2.45, 2.75) is 51.5 Å². The molecule has 0 spiro atoms. The van der Waals surface area contributed by atoms with E-state index in [1.54, 1.807) is 26.0 Å². The second-order valence-electron chi connectivity index (χ2n) is 5.04. The fourth-order valence-corrected chi connectivity index (χ4v) is 3.40. The van der Waals surface area contributed by atoms with Crippen LogP contribution < -0.4 is 5.73 Å². The van der Waals surface area contributed by atoms with Crippen LogP contribution >= 0.6 is 22.9 Å². The summed E-state index contributed by atoms with van der Waals surface area (Å²) in [4.78, 5) is 2.18. The van der Waals surface area contributed by atoms with Crippen molar-refractivity contribution in [3.8, 4) is 0 Å². The van der Waals surface area contributed by atoms with E-state index in [1.807, 2.05) is 6.92 Å². The van der Waals surface area contributed by atoms with Gasteiger partial charge in [-0.1, -0.05) is 18.5 Å². The molecule has 0 bridgehead atoms. The third-order valence-electron chi connectivity index (χ3n) is 3.14. The topological polar surface area (TPSA) is 29.3 Å². The van der Waals surface area contributed by atoms with Crippen molar-refractivity contribution >= 4 is 22.9 Å². The molecule has 0 saturated carbocycles. The number of nitrogens with zero attached hydrogens (tertiary/aromatic N) is 1. The first-order chi connectivity index (χ1) is 9.15. The fraction of sp³-hybridized carbons (Fsp3) is 0.692. The van der Waals surface area contributed by atoms with Crippen LogP contribution in [0, 0.1) is 0 Å². The van der Waals surface area contributed by atoms with E-state index in [4.69, 9.17) is 17.3 Å². The number of halogens is 4. The minimum Gasteiger partial charge on any atom is -0.326 e. The number of hydrogen-bond acceptors (Lipinski definition) is 3. The molecule has 116 valence electrons. The van der Waals surface area contributed by atoms with Crippen LogP contribution in [0.5, 0.6) is 0 Å². The van der Waals surface area contributed by atoms with E-state index in [0.717, 1.165) is 4.88 Å². The van der Waals surface area contributed by atoms with E-state index in [-0.39, 0.29) is 12.1 Å². The van der Waals surface area contributed by atoms with Crippen molar-refractivity contribution in [2.75, 3.05) is 6.54 Å². The second-order valence-corrected chi connectivity index (χ2v) is 6.79. The molecule has 2 nitrogen and oxygen atoms in total.